The van der Waals surface area contributed by atoms with Crippen molar-refractivity contribution in [2.24, 2.45) is 0 Å². The predicted octanol–water partition coefficient (Wildman–Crippen LogP) is 2.60. The second kappa shape index (κ2) is 10.8. The largest absolute Gasteiger partial charge is 0.449 e. The summed E-state index contributed by atoms with van der Waals surface area (Å²) < 4.78 is 33.0. The second-order valence-electron chi connectivity index (χ2n) is 6.88. The van der Waals surface area contributed by atoms with E-state index in [1.54, 1.807) is 51.1 Å². The van der Waals surface area contributed by atoms with Crippen LogP contribution in [-0.4, -0.2) is 45.5 Å². The average Bonchev–Trinajstić information content (AvgIpc) is 2.75. The third kappa shape index (κ3) is 5.85. The summed E-state index contributed by atoms with van der Waals surface area (Å²) in [6.45, 7) is 6.86. The first-order chi connectivity index (χ1) is 15.1. The molecule has 0 spiro atoms. The molecule has 0 bridgehead atoms. The molecule has 1 atom stereocenters. The maximum atomic E-state index is 13.3. The van der Waals surface area contributed by atoms with Gasteiger partial charge in [-0.25, -0.2) is 18.0 Å². The average molecular weight is 462 g/mol. The number of rotatable bonds is 8. The van der Waals surface area contributed by atoms with Crippen LogP contribution in [-0.2, 0) is 19.6 Å². The van der Waals surface area contributed by atoms with Crippen molar-refractivity contribution in [2.75, 3.05) is 17.4 Å². The lowest BCUT2D eigenvalue weighted by Crippen LogP contribution is -2.44. The molecule has 0 heterocycles. The monoisotopic (exact) mass is 461 g/mol. The molecule has 0 radical (unpaired) electrons. The van der Waals surface area contributed by atoms with Gasteiger partial charge in [-0.05, 0) is 57.5 Å². The van der Waals surface area contributed by atoms with E-state index < -0.39 is 34.0 Å². The van der Waals surface area contributed by atoms with E-state index in [2.05, 4.69) is 10.6 Å². The number of nitrogens with one attached hydrogen (secondary N) is 2. The SMILES string of the molecule is CCNC(=O)NC(=O)[C@@H](C)OC(=O)c1ccc(C)c(S(=O)(=O)N(CC)c2ccccc2)c1. The maximum absolute atomic E-state index is 13.3. The number of nitrogens with zero attached hydrogens (tertiary/aromatic N) is 1. The topological polar surface area (TPSA) is 122 Å². The zero-order chi connectivity index (χ0) is 23.9. The highest BCUT2D eigenvalue weighted by Crippen LogP contribution is 2.26. The van der Waals surface area contributed by atoms with Crippen LogP contribution in [0.3, 0.4) is 0 Å². The van der Waals surface area contributed by atoms with Crippen molar-refractivity contribution in [1.82, 2.24) is 10.6 Å². The highest BCUT2D eigenvalue weighted by molar-refractivity contribution is 7.92. The number of para-hydroxylation sites is 1. The van der Waals surface area contributed by atoms with Gasteiger partial charge in [-0.2, -0.15) is 0 Å². The van der Waals surface area contributed by atoms with E-state index in [0.717, 1.165) is 0 Å². The van der Waals surface area contributed by atoms with Crippen molar-refractivity contribution in [3.05, 3.63) is 59.7 Å². The third-order valence-electron chi connectivity index (χ3n) is 4.55. The Hall–Kier alpha value is -3.40. The summed E-state index contributed by atoms with van der Waals surface area (Å²) in [6, 6.07) is 12.1. The Labute approximate surface area is 187 Å². The standard InChI is InChI=1S/C22H27N3O6S/c1-5-23-22(28)24-20(26)16(4)31-21(27)17-13-12-15(3)19(14-17)32(29,30)25(6-2)18-10-8-7-9-11-18/h7-14,16H,5-6H2,1-4H3,(H2,23,24,26,28)/t16-/m1/s1. The highest BCUT2D eigenvalue weighted by atomic mass is 32.2. The minimum absolute atomic E-state index is 0.0315. The lowest BCUT2D eigenvalue weighted by molar-refractivity contribution is -0.127. The van der Waals surface area contributed by atoms with Crippen LogP contribution in [0.5, 0.6) is 0 Å². The maximum Gasteiger partial charge on any atom is 0.338 e. The van der Waals surface area contributed by atoms with Crippen LogP contribution in [0.4, 0.5) is 10.5 Å². The molecule has 2 rings (SSSR count). The summed E-state index contributed by atoms with van der Waals surface area (Å²) in [5, 5.41) is 4.45. The van der Waals surface area contributed by atoms with E-state index in [1.807, 2.05) is 0 Å². The fourth-order valence-electron chi connectivity index (χ4n) is 2.91. The number of anilines is 1. The third-order valence-corrected chi connectivity index (χ3v) is 6.60. The number of hydrogen-bond donors (Lipinski definition) is 2. The molecule has 0 saturated carbocycles. The van der Waals surface area contributed by atoms with Crippen LogP contribution >= 0.6 is 0 Å². The number of sulfonamides is 1. The smallest absolute Gasteiger partial charge is 0.338 e. The normalized spacial score (nSPS) is 11.9. The lowest BCUT2D eigenvalue weighted by atomic mass is 10.1. The molecule has 0 unspecified atom stereocenters. The lowest BCUT2D eigenvalue weighted by Gasteiger charge is -2.24. The zero-order valence-electron chi connectivity index (χ0n) is 18.4. The van der Waals surface area contributed by atoms with Gasteiger partial charge in [0.2, 0.25) is 0 Å². The van der Waals surface area contributed by atoms with Crippen LogP contribution in [0.1, 0.15) is 36.7 Å². The van der Waals surface area contributed by atoms with E-state index in [1.165, 1.54) is 29.4 Å². The molecule has 0 aromatic heterocycles. The second-order valence-corrected chi connectivity index (χ2v) is 8.71. The van der Waals surface area contributed by atoms with Crippen molar-refractivity contribution in [3.8, 4) is 0 Å². The summed E-state index contributed by atoms with van der Waals surface area (Å²) in [7, 11) is -3.96. The van der Waals surface area contributed by atoms with Crippen LogP contribution in [0.2, 0.25) is 0 Å². The molecule has 10 heteroatoms. The molecule has 0 aliphatic carbocycles. The molecule has 2 N–H and O–H groups in total. The van der Waals surface area contributed by atoms with Crippen molar-refractivity contribution >= 4 is 33.6 Å². The Kier molecular flexibility index (Phi) is 8.36. The Morgan fingerprint density at radius 3 is 2.31 bits per heavy atom. The minimum atomic E-state index is -3.96. The molecule has 0 aliphatic rings. The molecule has 2 aromatic carbocycles. The number of amides is 3. The Balaban J connectivity index is 2.27. The van der Waals surface area contributed by atoms with Gasteiger partial charge in [-0.15, -0.1) is 0 Å². The van der Waals surface area contributed by atoms with Crippen molar-refractivity contribution < 1.29 is 27.5 Å². The van der Waals surface area contributed by atoms with Gasteiger partial charge in [-0.3, -0.25) is 14.4 Å². The van der Waals surface area contributed by atoms with Gasteiger partial charge in [0.15, 0.2) is 6.10 Å². The molecule has 2 aromatic rings. The van der Waals surface area contributed by atoms with Crippen LogP contribution in [0.15, 0.2) is 53.4 Å². The van der Waals surface area contributed by atoms with Gasteiger partial charge in [0.05, 0.1) is 16.1 Å². The Morgan fingerprint density at radius 1 is 1.06 bits per heavy atom. The fourth-order valence-corrected chi connectivity index (χ4v) is 4.64. The molecular formula is C22H27N3O6S. The van der Waals surface area contributed by atoms with Crippen molar-refractivity contribution in [2.45, 2.75) is 38.7 Å². The molecule has 0 fully saturated rings. The highest BCUT2D eigenvalue weighted by Gasteiger charge is 2.27. The number of hydrogen-bond acceptors (Lipinski definition) is 6. The van der Waals surface area contributed by atoms with Gasteiger partial charge in [0.1, 0.15) is 0 Å². The molecule has 32 heavy (non-hydrogen) atoms. The Morgan fingerprint density at radius 2 is 1.72 bits per heavy atom. The zero-order valence-corrected chi connectivity index (χ0v) is 19.2. The molecule has 3 amide bonds. The first-order valence-electron chi connectivity index (χ1n) is 10.1. The molecule has 0 saturated heterocycles. The first kappa shape index (κ1) is 24.9. The summed E-state index contributed by atoms with van der Waals surface area (Å²) in [6.07, 6.45) is -1.26. The van der Waals surface area contributed by atoms with E-state index in [-0.39, 0.29) is 17.0 Å². The van der Waals surface area contributed by atoms with Crippen LogP contribution in [0.25, 0.3) is 0 Å². The number of esters is 1. The molecule has 172 valence electrons. The van der Waals surface area contributed by atoms with Gasteiger partial charge >= 0.3 is 12.0 Å². The summed E-state index contributed by atoms with van der Waals surface area (Å²) >= 11 is 0. The van der Waals surface area contributed by atoms with Gasteiger partial charge in [-0.1, -0.05) is 24.3 Å². The van der Waals surface area contributed by atoms with Gasteiger partial charge in [0.25, 0.3) is 15.9 Å². The quantitative estimate of drug-likeness (QED) is 0.583. The fraction of sp³-hybridized carbons (Fsp3) is 0.318. The predicted molar refractivity (Wildman–Crippen MR) is 120 cm³/mol. The number of aryl methyl sites for hydroxylation is 1. The summed E-state index contributed by atoms with van der Waals surface area (Å²) in [4.78, 5) is 36.0. The van der Waals surface area contributed by atoms with E-state index in [0.29, 0.717) is 17.8 Å². The van der Waals surface area contributed by atoms with Crippen LogP contribution < -0.4 is 14.9 Å². The van der Waals surface area contributed by atoms with Gasteiger partial charge in [0, 0.05) is 13.1 Å². The minimum Gasteiger partial charge on any atom is -0.449 e. The number of carbonyl (C=O) groups is 3. The van der Waals surface area contributed by atoms with Crippen molar-refractivity contribution in [1.29, 1.82) is 0 Å². The number of carbonyl (C=O) groups excluding carboxylic acids is 3. The number of imide groups is 1. The number of urea groups is 1. The summed E-state index contributed by atoms with van der Waals surface area (Å²) in [5.74, 6) is -1.69. The van der Waals surface area contributed by atoms with Crippen LogP contribution in [0, 0.1) is 6.92 Å². The van der Waals surface area contributed by atoms with E-state index in [9.17, 15) is 22.8 Å². The van der Waals surface area contributed by atoms with E-state index >= 15 is 0 Å². The summed E-state index contributed by atoms with van der Waals surface area (Å²) in [5.41, 5.74) is 0.923. The Bertz CT molecular complexity index is 1090. The van der Waals surface area contributed by atoms with E-state index in [4.69, 9.17) is 4.74 Å². The molecule has 9 nitrogen and oxygen atoms in total. The number of benzene rings is 2. The molecular weight excluding hydrogens is 434 g/mol. The van der Waals surface area contributed by atoms with Crippen molar-refractivity contribution in [3.63, 3.8) is 0 Å². The molecule has 0 aliphatic heterocycles. The van der Waals surface area contributed by atoms with Gasteiger partial charge < -0.3 is 10.1 Å². The number of ether oxygens (including phenoxy) is 1. The first-order valence-corrected chi connectivity index (χ1v) is 11.5.